The monoisotopic (exact) mass is 198 g/mol. The summed E-state index contributed by atoms with van der Waals surface area (Å²) in [7, 11) is 0. The van der Waals surface area contributed by atoms with Gasteiger partial charge in [-0.3, -0.25) is 0 Å². The van der Waals surface area contributed by atoms with E-state index >= 15 is 0 Å². The highest BCUT2D eigenvalue weighted by atomic mass is 15.1. The highest BCUT2D eigenvalue weighted by Gasteiger charge is 2.27. The molecule has 1 rings (SSSR count). The van der Waals surface area contributed by atoms with Crippen LogP contribution in [-0.4, -0.2) is 30.6 Å². The molecule has 1 fully saturated rings. The quantitative estimate of drug-likeness (QED) is 0.752. The fraction of sp³-hybridized carbons (Fsp3) is 1.00. The largest absolute Gasteiger partial charge is 0.328 e. The minimum absolute atomic E-state index is 0.432. The number of nitrogens with two attached hydrogens (primary N) is 1. The van der Waals surface area contributed by atoms with Crippen LogP contribution < -0.4 is 5.73 Å². The summed E-state index contributed by atoms with van der Waals surface area (Å²) in [4.78, 5) is 2.57. The summed E-state index contributed by atoms with van der Waals surface area (Å²) in [5.41, 5.74) is 6.33. The summed E-state index contributed by atoms with van der Waals surface area (Å²) in [6.07, 6.45) is 2.35. The molecular formula is C12H26N2. The molecule has 1 heterocycles. The summed E-state index contributed by atoms with van der Waals surface area (Å²) in [5, 5.41) is 0. The number of piperidine rings is 1. The van der Waals surface area contributed by atoms with Crippen molar-refractivity contribution >= 4 is 0 Å². The number of rotatable bonds is 3. The van der Waals surface area contributed by atoms with Gasteiger partial charge in [0.25, 0.3) is 0 Å². The van der Waals surface area contributed by atoms with Crippen LogP contribution in [0.15, 0.2) is 0 Å². The van der Waals surface area contributed by atoms with Gasteiger partial charge < -0.3 is 10.6 Å². The van der Waals surface area contributed by atoms with Crippen molar-refractivity contribution in [1.29, 1.82) is 0 Å². The lowest BCUT2D eigenvalue weighted by Crippen LogP contribution is -2.44. The van der Waals surface area contributed by atoms with Crippen LogP contribution in [0.5, 0.6) is 0 Å². The molecule has 0 atom stereocenters. The van der Waals surface area contributed by atoms with Gasteiger partial charge in [0.2, 0.25) is 0 Å². The van der Waals surface area contributed by atoms with E-state index in [0.29, 0.717) is 11.5 Å². The SMILES string of the molecule is CC(C)C(C)(C)CN1CCC(N)CC1. The molecule has 0 saturated carbocycles. The van der Waals surface area contributed by atoms with Crippen molar-refractivity contribution in [2.45, 2.75) is 46.6 Å². The highest BCUT2D eigenvalue weighted by Crippen LogP contribution is 2.28. The lowest BCUT2D eigenvalue weighted by molar-refractivity contribution is 0.112. The van der Waals surface area contributed by atoms with Gasteiger partial charge >= 0.3 is 0 Å². The zero-order chi connectivity index (χ0) is 10.8. The van der Waals surface area contributed by atoms with Gasteiger partial charge in [-0.25, -0.2) is 0 Å². The Morgan fingerprint density at radius 1 is 1.29 bits per heavy atom. The van der Waals surface area contributed by atoms with E-state index in [4.69, 9.17) is 5.73 Å². The lowest BCUT2D eigenvalue weighted by atomic mass is 9.80. The molecule has 2 N–H and O–H groups in total. The van der Waals surface area contributed by atoms with Gasteiger partial charge in [0.1, 0.15) is 0 Å². The maximum atomic E-state index is 5.89. The molecule has 0 aliphatic carbocycles. The van der Waals surface area contributed by atoms with Gasteiger partial charge in [0.05, 0.1) is 0 Å². The van der Waals surface area contributed by atoms with Gasteiger partial charge in [-0.1, -0.05) is 27.7 Å². The van der Waals surface area contributed by atoms with Gasteiger partial charge in [0, 0.05) is 12.6 Å². The van der Waals surface area contributed by atoms with Crippen molar-refractivity contribution in [3.8, 4) is 0 Å². The van der Waals surface area contributed by atoms with Crippen LogP contribution in [0.4, 0.5) is 0 Å². The molecule has 0 bridgehead atoms. The Kier molecular flexibility index (Phi) is 3.96. The Balaban J connectivity index is 2.37. The first-order valence-corrected chi connectivity index (χ1v) is 5.90. The molecule has 0 amide bonds. The van der Waals surface area contributed by atoms with Crippen LogP contribution in [0.2, 0.25) is 0 Å². The van der Waals surface area contributed by atoms with E-state index in [9.17, 15) is 0 Å². The second-order valence-electron chi connectivity index (χ2n) is 5.76. The van der Waals surface area contributed by atoms with Crippen molar-refractivity contribution in [3.05, 3.63) is 0 Å². The average Bonchev–Trinajstić information content (AvgIpc) is 2.08. The Morgan fingerprint density at radius 3 is 2.21 bits per heavy atom. The van der Waals surface area contributed by atoms with E-state index in [1.165, 1.54) is 32.5 Å². The zero-order valence-electron chi connectivity index (χ0n) is 10.2. The summed E-state index contributed by atoms with van der Waals surface area (Å²) >= 11 is 0. The Bertz CT molecular complexity index is 167. The molecule has 1 aliphatic rings. The topological polar surface area (TPSA) is 29.3 Å². The Hall–Kier alpha value is -0.0800. The lowest BCUT2D eigenvalue weighted by Gasteiger charge is -2.38. The number of nitrogens with zero attached hydrogens (tertiary/aromatic N) is 1. The molecular weight excluding hydrogens is 172 g/mol. The van der Waals surface area contributed by atoms with Crippen molar-refractivity contribution < 1.29 is 0 Å². The normalized spacial score (nSPS) is 21.9. The first kappa shape index (κ1) is 12.0. The van der Waals surface area contributed by atoms with Gasteiger partial charge in [-0.15, -0.1) is 0 Å². The number of likely N-dealkylation sites (tertiary alicyclic amines) is 1. The first-order chi connectivity index (χ1) is 6.42. The van der Waals surface area contributed by atoms with Gasteiger partial charge in [-0.2, -0.15) is 0 Å². The number of hydrogen-bond donors (Lipinski definition) is 1. The minimum Gasteiger partial charge on any atom is -0.328 e. The highest BCUT2D eigenvalue weighted by molar-refractivity contribution is 4.81. The van der Waals surface area contributed by atoms with Crippen LogP contribution in [0.3, 0.4) is 0 Å². The second-order valence-corrected chi connectivity index (χ2v) is 5.76. The minimum atomic E-state index is 0.432. The standard InChI is InChI=1S/C12H26N2/c1-10(2)12(3,4)9-14-7-5-11(13)6-8-14/h10-11H,5-9,13H2,1-4H3. The van der Waals surface area contributed by atoms with E-state index < -0.39 is 0 Å². The molecule has 0 aromatic heterocycles. The summed E-state index contributed by atoms with van der Waals surface area (Å²) in [6.45, 7) is 13.0. The van der Waals surface area contributed by atoms with Crippen LogP contribution in [0.1, 0.15) is 40.5 Å². The second kappa shape index (κ2) is 4.63. The maximum Gasteiger partial charge on any atom is 0.00631 e. The van der Waals surface area contributed by atoms with Crippen LogP contribution in [-0.2, 0) is 0 Å². The molecule has 14 heavy (non-hydrogen) atoms. The van der Waals surface area contributed by atoms with Gasteiger partial charge in [0.15, 0.2) is 0 Å². The zero-order valence-corrected chi connectivity index (χ0v) is 10.2. The molecule has 2 heteroatoms. The summed E-state index contributed by atoms with van der Waals surface area (Å²) < 4.78 is 0. The Morgan fingerprint density at radius 2 is 1.79 bits per heavy atom. The van der Waals surface area contributed by atoms with Crippen molar-refractivity contribution in [1.82, 2.24) is 4.90 Å². The van der Waals surface area contributed by atoms with Crippen LogP contribution in [0, 0.1) is 11.3 Å². The first-order valence-electron chi connectivity index (χ1n) is 5.90. The molecule has 0 radical (unpaired) electrons. The molecule has 0 aromatic rings. The molecule has 1 aliphatic heterocycles. The van der Waals surface area contributed by atoms with E-state index in [1.807, 2.05) is 0 Å². The fourth-order valence-corrected chi connectivity index (χ4v) is 1.87. The molecule has 84 valence electrons. The van der Waals surface area contributed by atoms with E-state index in [0.717, 1.165) is 5.92 Å². The van der Waals surface area contributed by atoms with E-state index in [-0.39, 0.29) is 0 Å². The molecule has 0 aromatic carbocycles. The fourth-order valence-electron chi connectivity index (χ4n) is 1.87. The third-order valence-corrected chi connectivity index (χ3v) is 3.83. The summed E-state index contributed by atoms with van der Waals surface area (Å²) in [6, 6.07) is 0.452. The predicted molar refractivity (Wildman–Crippen MR) is 62.3 cm³/mol. The molecule has 2 nitrogen and oxygen atoms in total. The van der Waals surface area contributed by atoms with Crippen LogP contribution in [0.25, 0.3) is 0 Å². The van der Waals surface area contributed by atoms with E-state index in [2.05, 4.69) is 32.6 Å². The smallest absolute Gasteiger partial charge is 0.00631 e. The van der Waals surface area contributed by atoms with Crippen LogP contribution >= 0.6 is 0 Å². The Labute approximate surface area is 88.8 Å². The maximum absolute atomic E-state index is 5.89. The third-order valence-electron chi connectivity index (χ3n) is 3.83. The molecule has 1 saturated heterocycles. The van der Waals surface area contributed by atoms with Crippen molar-refractivity contribution in [2.24, 2.45) is 17.1 Å². The summed E-state index contributed by atoms with van der Waals surface area (Å²) in [5.74, 6) is 0.748. The molecule has 0 unspecified atom stereocenters. The van der Waals surface area contributed by atoms with Crippen molar-refractivity contribution in [2.75, 3.05) is 19.6 Å². The van der Waals surface area contributed by atoms with Crippen molar-refractivity contribution in [3.63, 3.8) is 0 Å². The van der Waals surface area contributed by atoms with E-state index in [1.54, 1.807) is 0 Å². The number of hydrogen-bond acceptors (Lipinski definition) is 2. The molecule has 0 spiro atoms. The van der Waals surface area contributed by atoms with Gasteiger partial charge in [-0.05, 0) is 37.3 Å². The predicted octanol–water partition coefficient (Wildman–Crippen LogP) is 2.09. The average molecular weight is 198 g/mol. The third kappa shape index (κ3) is 3.25.